The van der Waals surface area contributed by atoms with Crippen molar-refractivity contribution >= 4 is 22.5 Å². The van der Waals surface area contributed by atoms with Crippen LogP contribution in [0.3, 0.4) is 0 Å². The lowest BCUT2D eigenvalue weighted by atomic mass is 9.83. The minimum Gasteiger partial charge on any atom is -0.361 e. The van der Waals surface area contributed by atoms with Crippen LogP contribution in [0.5, 0.6) is 0 Å². The number of amides is 1. The van der Waals surface area contributed by atoms with Crippen molar-refractivity contribution in [2.24, 2.45) is 0 Å². The Bertz CT molecular complexity index is 966. The summed E-state index contributed by atoms with van der Waals surface area (Å²) in [6.45, 7) is 3.62. The lowest BCUT2D eigenvalue weighted by molar-refractivity contribution is -0.120. The highest BCUT2D eigenvalue weighted by Gasteiger charge is 2.32. The molecule has 0 aliphatic rings. The first-order valence-electron chi connectivity index (χ1n) is 7.50. The van der Waals surface area contributed by atoms with E-state index in [0.29, 0.717) is 16.8 Å². The smallest absolute Gasteiger partial charge is 0.234 e. The molecule has 2 aromatic carbocycles. The van der Waals surface area contributed by atoms with E-state index < -0.39 is 5.41 Å². The molecule has 0 spiro atoms. The van der Waals surface area contributed by atoms with Gasteiger partial charge in [0.05, 0.1) is 17.0 Å². The Morgan fingerprint density at radius 1 is 1.25 bits per heavy atom. The minimum atomic E-state index is -0.835. The maximum absolute atomic E-state index is 13.3. The van der Waals surface area contributed by atoms with E-state index in [1.165, 1.54) is 12.1 Å². The molecule has 120 valence electrons. The topological polar surface area (TPSA) is 68.7 Å². The SMILES string of the molecule is CC(C)(C(=O)Nc1cccc(C#N)c1)c1c[nH]c2cc(F)ccc12. The van der Waals surface area contributed by atoms with Crippen molar-refractivity contribution < 1.29 is 9.18 Å². The normalized spacial score (nSPS) is 11.2. The Balaban J connectivity index is 1.93. The predicted octanol–water partition coefficient (Wildman–Crippen LogP) is 4.09. The van der Waals surface area contributed by atoms with E-state index in [9.17, 15) is 9.18 Å². The molecule has 0 radical (unpaired) electrons. The van der Waals surface area contributed by atoms with Crippen LogP contribution in [0.25, 0.3) is 10.9 Å². The molecule has 0 atom stereocenters. The monoisotopic (exact) mass is 321 g/mol. The summed E-state index contributed by atoms with van der Waals surface area (Å²) in [6.07, 6.45) is 1.73. The molecule has 0 aliphatic carbocycles. The number of anilines is 1. The van der Waals surface area contributed by atoms with Crippen LogP contribution >= 0.6 is 0 Å². The Kier molecular flexibility index (Phi) is 3.82. The second-order valence-electron chi connectivity index (χ2n) is 6.16. The first-order valence-corrected chi connectivity index (χ1v) is 7.50. The van der Waals surface area contributed by atoms with Crippen molar-refractivity contribution in [3.63, 3.8) is 0 Å². The number of nitriles is 1. The number of carbonyl (C=O) groups is 1. The van der Waals surface area contributed by atoms with Gasteiger partial charge in [0.15, 0.2) is 0 Å². The van der Waals surface area contributed by atoms with Crippen LogP contribution in [-0.2, 0) is 10.2 Å². The minimum absolute atomic E-state index is 0.206. The number of H-pyrrole nitrogens is 1. The molecule has 1 aromatic heterocycles. The Hall–Kier alpha value is -3.13. The third kappa shape index (κ3) is 2.74. The molecule has 0 saturated heterocycles. The number of carbonyl (C=O) groups excluding carboxylic acids is 1. The van der Waals surface area contributed by atoms with Crippen LogP contribution < -0.4 is 5.32 Å². The van der Waals surface area contributed by atoms with Crippen molar-refractivity contribution in [3.8, 4) is 6.07 Å². The van der Waals surface area contributed by atoms with E-state index >= 15 is 0 Å². The Morgan fingerprint density at radius 2 is 2.04 bits per heavy atom. The highest BCUT2D eigenvalue weighted by Crippen LogP contribution is 2.32. The van der Waals surface area contributed by atoms with Gasteiger partial charge in [0, 0.05) is 22.8 Å². The third-order valence-corrected chi connectivity index (χ3v) is 4.13. The predicted molar refractivity (Wildman–Crippen MR) is 91.1 cm³/mol. The number of aromatic amines is 1. The molecule has 24 heavy (non-hydrogen) atoms. The van der Waals surface area contributed by atoms with Gasteiger partial charge in [-0.15, -0.1) is 0 Å². The van der Waals surface area contributed by atoms with E-state index in [2.05, 4.69) is 10.3 Å². The zero-order chi connectivity index (χ0) is 17.3. The maximum Gasteiger partial charge on any atom is 0.234 e. The van der Waals surface area contributed by atoms with Gasteiger partial charge in [-0.05, 0) is 55.8 Å². The highest BCUT2D eigenvalue weighted by molar-refractivity contribution is 6.01. The van der Waals surface area contributed by atoms with Crippen LogP contribution in [0.2, 0.25) is 0 Å². The molecule has 4 nitrogen and oxygen atoms in total. The van der Waals surface area contributed by atoms with Gasteiger partial charge in [-0.2, -0.15) is 5.26 Å². The standard InChI is InChI=1S/C19H16FN3O/c1-19(2,16-11-22-17-9-13(20)6-7-15(16)17)18(24)23-14-5-3-4-12(8-14)10-21/h3-9,11,22H,1-2H3,(H,23,24). The molecule has 0 saturated carbocycles. The van der Waals surface area contributed by atoms with Crippen molar-refractivity contribution in [2.75, 3.05) is 5.32 Å². The summed E-state index contributed by atoms with van der Waals surface area (Å²) < 4.78 is 13.3. The molecule has 0 aliphatic heterocycles. The van der Waals surface area contributed by atoms with Gasteiger partial charge in [-0.25, -0.2) is 4.39 Å². The molecule has 0 bridgehead atoms. The maximum atomic E-state index is 13.3. The average molecular weight is 321 g/mol. The third-order valence-electron chi connectivity index (χ3n) is 4.13. The fourth-order valence-corrected chi connectivity index (χ4v) is 2.69. The van der Waals surface area contributed by atoms with E-state index in [1.807, 2.05) is 19.9 Å². The second kappa shape index (κ2) is 5.82. The van der Waals surface area contributed by atoms with Crippen LogP contribution in [-0.4, -0.2) is 10.9 Å². The lowest BCUT2D eigenvalue weighted by Crippen LogP contribution is -2.34. The van der Waals surface area contributed by atoms with Gasteiger partial charge in [0.25, 0.3) is 0 Å². The van der Waals surface area contributed by atoms with Crippen molar-refractivity contribution in [2.45, 2.75) is 19.3 Å². The first-order chi connectivity index (χ1) is 11.4. The van der Waals surface area contributed by atoms with Gasteiger partial charge in [0.1, 0.15) is 5.82 Å². The number of nitrogens with one attached hydrogen (secondary N) is 2. The molecule has 5 heteroatoms. The van der Waals surface area contributed by atoms with Crippen LogP contribution in [0, 0.1) is 17.1 Å². The molecule has 3 aromatic rings. The number of halogens is 1. The molecular weight excluding hydrogens is 305 g/mol. The average Bonchev–Trinajstić information content (AvgIpc) is 2.98. The first kappa shape index (κ1) is 15.8. The summed E-state index contributed by atoms with van der Waals surface area (Å²) in [6, 6.07) is 13.3. The van der Waals surface area contributed by atoms with Crippen LogP contribution in [0.15, 0.2) is 48.7 Å². The molecular formula is C19H16FN3O. The fraction of sp³-hybridized carbons (Fsp3) is 0.158. The summed E-state index contributed by atoms with van der Waals surface area (Å²) in [4.78, 5) is 15.8. The van der Waals surface area contributed by atoms with Crippen molar-refractivity contribution in [3.05, 3.63) is 65.6 Å². The van der Waals surface area contributed by atoms with E-state index in [4.69, 9.17) is 5.26 Å². The van der Waals surface area contributed by atoms with E-state index in [-0.39, 0.29) is 11.7 Å². The fourth-order valence-electron chi connectivity index (χ4n) is 2.69. The largest absolute Gasteiger partial charge is 0.361 e. The molecule has 0 unspecified atom stereocenters. The van der Waals surface area contributed by atoms with Crippen LogP contribution in [0.1, 0.15) is 25.0 Å². The van der Waals surface area contributed by atoms with Gasteiger partial charge in [-0.1, -0.05) is 6.07 Å². The highest BCUT2D eigenvalue weighted by atomic mass is 19.1. The number of benzene rings is 2. The summed E-state index contributed by atoms with van der Waals surface area (Å²) >= 11 is 0. The van der Waals surface area contributed by atoms with E-state index in [1.54, 1.807) is 36.5 Å². The van der Waals surface area contributed by atoms with Gasteiger partial charge in [-0.3, -0.25) is 4.79 Å². The quantitative estimate of drug-likeness (QED) is 0.762. The lowest BCUT2D eigenvalue weighted by Gasteiger charge is -2.23. The molecule has 1 heterocycles. The summed E-state index contributed by atoms with van der Waals surface area (Å²) in [5, 5.41) is 12.6. The molecule has 0 fully saturated rings. The Morgan fingerprint density at radius 3 is 2.79 bits per heavy atom. The number of fused-ring (bicyclic) bond motifs is 1. The molecule has 1 amide bonds. The van der Waals surface area contributed by atoms with Crippen molar-refractivity contribution in [1.82, 2.24) is 4.98 Å². The number of hydrogen-bond acceptors (Lipinski definition) is 2. The van der Waals surface area contributed by atoms with Gasteiger partial charge in [0.2, 0.25) is 5.91 Å². The van der Waals surface area contributed by atoms with E-state index in [0.717, 1.165) is 10.9 Å². The summed E-state index contributed by atoms with van der Waals surface area (Å²) in [7, 11) is 0. The molecule has 3 rings (SSSR count). The second-order valence-corrected chi connectivity index (χ2v) is 6.16. The summed E-state index contributed by atoms with van der Waals surface area (Å²) in [5.74, 6) is -0.533. The number of hydrogen-bond donors (Lipinski definition) is 2. The van der Waals surface area contributed by atoms with Gasteiger partial charge >= 0.3 is 0 Å². The number of rotatable bonds is 3. The molecule has 2 N–H and O–H groups in total. The van der Waals surface area contributed by atoms with Crippen molar-refractivity contribution in [1.29, 1.82) is 5.26 Å². The summed E-state index contributed by atoms with van der Waals surface area (Å²) in [5.41, 5.74) is 1.65. The zero-order valence-electron chi connectivity index (χ0n) is 13.4. The Labute approximate surface area is 138 Å². The van der Waals surface area contributed by atoms with Crippen LogP contribution in [0.4, 0.5) is 10.1 Å². The van der Waals surface area contributed by atoms with Gasteiger partial charge < -0.3 is 10.3 Å². The number of nitrogens with zero attached hydrogens (tertiary/aromatic N) is 1. The zero-order valence-corrected chi connectivity index (χ0v) is 13.4. The number of aromatic nitrogens is 1.